The highest BCUT2D eigenvalue weighted by Crippen LogP contribution is 2.28. The van der Waals surface area contributed by atoms with Gasteiger partial charge >= 0.3 is 0 Å². The summed E-state index contributed by atoms with van der Waals surface area (Å²) in [7, 11) is 1.99. The van der Waals surface area contributed by atoms with Gasteiger partial charge in [-0.15, -0.1) is 0 Å². The second-order valence-corrected chi connectivity index (χ2v) is 4.90. The van der Waals surface area contributed by atoms with E-state index in [9.17, 15) is 4.39 Å². The van der Waals surface area contributed by atoms with Gasteiger partial charge in [-0.05, 0) is 45.5 Å². The zero-order valence-electron chi connectivity index (χ0n) is 10.6. The molecule has 0 spiro atoms. The van der Waals surface area contributed by atoms with E-state index in [0.717, 1.165) is 25.2 Å². The van der Waals surface area contributed by atoms with Crippen molar-refractivity contribution in [2.45, 2.75) is 19.4 Å². The highest BCUT2D eigenvalue weighted by Gasteiger charge is 2.27. The number of halogens is 1. The fourth-order valence-electron chi connectivity index (χ4n) is 2.68. The van der Waals surface area contributed by atoms with E-state index in [0.29, 0.717) is 5.92 Å². The minimum Gasteiger partial charge on any atom is -0.319 e. The molecule has 0 aliphatic carbocycles. The summed E-state index contributed by atoms with van der Waals surface area (Å²) < 4.78 is 13.7. The summed E-state index contributed by atoms with van der Waals surface area (Å²) in [5.41, 5.74) is 0.817. The van der Waals surface area contributed by atoms with Crippen molar-refractivity contribution in [3.8, 4) is 0 Å². The molecule has 1 saturated heterocycles. The van der Waals surface area contributed by atoms with E-state index in [4.69, 9.17) is 0 Å². The zero-order chi connectivity index (χ0) is 12.3. The van der Waals surface area contributed by atoms with Gasteiger partial charge in [0.15, 0.2) is 0 Å². The molecular formula is C14H21FN2. The normalized spacial score (nSPS) is 22.9. The Morgan fingerprint density at radius 3 is 2.94 bits per heavy atom. The Kier molecular flexibility index (Phi) is 4.13. The Labute approximate surface area is 103 Å². The maximum Gasteiger partial charge on any atom is 0.127 e. The lowest BCUT2D eigenvalue weighted by atomic mass is 10.1. The summed E-state index contributed by atoms with van der Waals surface area (Å²) in [6.07, 6.45) is 1.21. The minimum atomic E-state index is -0.0860. The van der Waals surface area contributed by atoms with Gasteiger partial charge in [0.05, 0.1) is 0 Å². The van der Waals surface area contributed by atoms with E-state index >= 15 is 0 Å². The molecule has 2 unspecified atom stereocenters. The highest BCUT2D eigenvalue weighted by atomic mass is 19.1. The number of hydrogen-bond donors (Lipinski definition) is 1. The van der Waals surface area contributed by atoms with Crippen LogP contribution in [0.25, 0.3) is 0 Å². The maximum absolute atomic E-state index is 13.7. The lowest BCUT2D eigenvalue weighted by molar-refractivity contribution is 0.247. The van der Waals surface area contributed by atoms with Crippen LogP contribution in [0.4, 0.5) is 4.39 Å². The van der Waals surface area contributed by atoms with Crippen LogP contribution >= 0.6 is 0 Å². The molecule has 3 heteroatoms. The summed E-state index contributed by atoms with van der Waals surface area (Å²) >= 11 is 0. The largest absolute Gasteiger partial charge is 0.319 e. The average molecular weight is 236 g/mol. The van der Waals surface area contributed by atoms with Crippen molar-refractivity contribution in [3.05, 3.63) is 35.6 Å². The molecule has 2 rings (SSSR count). The van der Waals surface area contributed by atoms with Crippen molar-refractivity contribution in [3.63, 3.8) is 0 Å². The SMILES string of the molecule is CNCC1CCN(C(C)c2ccccc2F)C1. The van der Waals surface area contributed by atoms with Crippen LogP contribution in [0.3, 0.4) is 0 Å². The van der Waals surface area contributed by atoms with Crippen molar-refractivity contribution < 1.29 is 4.39 Å². The number of nitrogens with zero attached hydrogens (tertiary/aromatic N) is 1. The molecule has 1 heterocycles. The van der Waals surface area contributed by atoms with Crippen LogP contribution in [-0.2, 0) is 0 Å². The molecule has 1 N–H and O–H groups in total. The van der Waals surface area contributed by atoms with E-state index < -0.39 is 0 Å². The predicted molar refractivity (Wildman–Crippen MR) is 68.4 cm³/mol. The number of likely N-dealkylation sites (tertiary alicyclic amines) is 1. The Bertz CT molecular complexity index is 367. The second kappa shape index (κ2) is 5.61. The lowest BCUT2D eigenvalue weighted by Gasteiger charge is -2.25. The standard InChI is InChI=1S/C14H21FN2/c1-11(13-5-3-4-6-14(13)15)17-8-7-12(10-17)9-16-2/h3-6,11-12,16H,7-10H2,1-2H3. The molecule has 0 bridgehead atoms. The van der Waals surface area contributed by atoms with Crippen LogP contribution in [0, 0.1) is 11.7 Å². The minimum absolute atomic E-state index is 0.0860. The molecule has 2 atom stereocenters. The van der Waals surface area contributed by atoms with Crippen molar-refractivity contribution in [2.75, 3.05) is 26.7 Å². The summed E-state index contributed by atoms with van der Waals surface area (Å²) in [4.78, 5) is 2.38. The molecule has 2 nitrogen and oxygen atoms in total. The van der Waals surface area contributed by atoms with Crippen LogP contribution in [0.2, 0.25) is 0 Å². The van der Waals surface area contributed by atoms with Crippen LogP contribution in [0.5, 0.6) is 0 Å². The van der Waals surface area contributed by atoms with Gasteiger partial charge < -0.3 is 5.32 Å². The van der Waals surface area contributed by atoms with Gasteiger partial charge in [-0.2, -0.15) is 0 Å². The Morgan fingerprint density at radius 1 is 1.47 bits per heavy atom. The maximum atomic E-state index is 13.7. The van der Waals surface area contributed by atoms with E-state index in [1.165, 1.54) is 6.42 Å². The fraction of sp³-hybridized carbons (Fsp3) is 0.571. The van der Waals surface area contributed by atoms with Gasteiger partial charge in [0.1, 0.15) is 5.82 Å². The molecule has 0 aromatic heterocycles. The van der Waals surface area contributed by atoms with Crippen LogP contribution < -0.4 is 5.32 Å². The quantitative estimate of drug-likeness (QED) is 0.863. The Hall–Kier alpha value is -0.930. The van der Waals surface area contributed by atoms with Crippen LogP contribution in [0.15, 0.2) is 24.3 Å². The molecule has 0 saturated carbocycles. The number of hydrogen-bond acceptors (Lipinski definition) is 2. The van der Waals surface area contributed by atoms with Gasteiger partial charge in [-0.1, -0.05) is 18.2 Å². The molecule has 1 fully saturated rings. The summed E-state index contributed by atoms with van der Waals surface area (Å²) in [6.45, 7) is 5.29. The summed E-state index contributed by atoms with van der Waals surface area (Å²) in [5.74, 6) is 0.617. The van der Waals surface area contributed by atoms with Gasteiger partial charge in [-0.3, -0.25) is 4.90 Å². The lowest BCUT2D eigenvalue weighted by Crippen LogP contribution is -2.27. The van der Waals surface area contributed by atoms with Crippen LogP contribution in [0.1, 0.15) is 24.9 Å². The third-order valence-electron chi connectivity index (χ3n) is 3.71. The molecule has 17 heavy (non-hydrogen) atoms. The van der Waals surface area contributed by atoms with E-state index in [-0.39, 0.29) is 11.9 Å². The number of benzene rings is 1. The second-order valence-electron chi connectivity index (χ2n) is 4.90. The summed E-state index contributed by atoms with van der Waals surface area (Å²) in [5, 5.41) is 3.22. The van der Waals surface area contributed by atoms with Crippen molar-refractivity contribution in [1.82, 2.24) is 10.2 Å². The molecule has 0 amide bonds. The Morgan fingerprint density at radius 2 is 2.24 bits per heavy atom. The smallest absolute Gasteiger partial charge is 0.127 e. The van der Waals surface area contributed by atoms with E-state index in [1.54, 1.807) is 12.1 Å². The first-order valence-electron chi connectivity index (χ1n) is 6.35. The number of nitrogens with one attached hydrogen (secondary N) is 1. The summed E-state index contributed by atoms with van der Waals surface area (Å²) in [6, 6.07) is 7.28. The zero-order valence-corrected chi connectivity index (χ0v) is 10.6. The first-order chi connectivity index (χ1) is 8.22. The third-order valence-corrected chi connectivity index (χ3v) is 3.71. The molecule has 1 aliphatic heterocycles. The molecular weight excluding hydrogens is 215 g/mol. The Balaban J connectivity index is 2.02. The monoisotopic (exact) mass is 236 g/mol. The molecule has 1 aromatic rings. The molecule has 1 aliphatic rings. The molecule has 0 radical (unpaired) electrons. The van der Waals surface area contributed by atoms with Gasteiger partial charge in [0.2, 0.25) is 0 Å². The van der Waals surface area contributed by atoms with Gasteiger partial charge in [0, 0.05) is 18.2 Å². The van der Waals surface area contributed by atoms with Crippen molar-refractivity contribution in [2.24, 2.45) is 5.92 Å². The topological polar surface area (TPSA) is 15.3 Å². The van der Waals surface area contributed by atoms with Crippen molar-refractivity contribution >= 4 is 0 Å². The van der Waals surface area contributed by atoms with Gasteiger partial charge in [-0.25, -0.2) is 4.39 Å². The molecule has 94 valence electrons. The first-order valence-corrected chi connectivity index (χ1v) is 6.35. The molecule has 1 aromatic carbocycles. The third kappa shape index (κ3) is 2.85. The van der Waals surface area contributed by atoms with Gasteiger partial charge in [0.25, 0.3) is 0 Å². The van der Waals surface area contributed by atoms with E-state index in [1.807, 2.05) is 19.2 Å². The van der Waals surface area contributed by atoms with Crippen LogP contribution in [-0.4, -0.2) is 31.6 Å². The highest BCUT2D eigenvalue weighted by molar-refractivity contribution is 5.21. The first kappa shape index (κ1) is 12.5. The average Bonchev–Trinajstić information content (AvgIpc) is 2.78. The number of rotatable bonds is 4. The fourth-order valence-corrected chi connectivity index (χ4v) is 2.68. The van der Waals surface area contributed by atoms with Crippen molar-refractivity contribution in [1.29, 1.82) is 0 Å². The predicted octanol–water partition coefficient (Wildman–Crippen LogP) is 2.43. The van der Waals surface area contributed by atoms with E-state index in [2.05, 4.69) is 17.1 Å².